The average molecular weight is 212 g/mol. The Labute approximate surface area is 88.1 Å². The number of unbranched alkanes of at least 4 members (excludes halogenated alkanes) is 1. The Bertz CT molecular complexity index is 308. The van der Waals surface area contributed by atoms with Crippen LogP contribution in [0, 0.1) is 0 Å². The fraction of sp³-hybridized carbons (Fsp3) is 0.667. The van der Waals surface area contributed by atoms with Crippen molar-refractivity contribution in [2.24, 2.45) is 5.73 Å². The molecule has 15 heavy (non-hydrogen) atoms. The van der Waals surface area contributed by atoms with Gasteiger partial charge >= 0.3 is 5.97 Å². The Morgan fingerprint density at radius 1 is 1.60 bits per heavy atom. The number of hydrogen-bond donors (Lipinski definition) is 2. The van der Waals surface area contributed by atoms with Gasteiger partial charge in [0.05, 0.1) is 0 Å². The van der Waals surface area contributed by atoms with E-state index in [2.05, 4.69) is 10.1 Å². The monoisotopic (exact) mass is 212 g/mol. The third-order valence-corrected chi connectivity index (χ3v) is 2.29. The number of aliphatic carboxylic acids is 1. The minimum absolute atomic E-state index is 0.469. The van der Waals surface area contributed by atoms with Crippen LogP contribution in [-0.4, -0.2) is 31.4 Å². The number of aromatic nitrogens is 3. The van der Waals surface area contributed by atoms with Gasteiger partial charge in [0, 0.05) is 6.54 Å². The summed E-state index contributed by atoms with van der Waals surface area (Å²) in [5.74, 6) is -0.955. The van der Waals surface area contributed by atoms with Crippen LogP contribution in [0.2, 0.25) is 0 Å². The highest BCUT2D eigenvalue weighted by atomic mass is 16.4. The molecule has 6 nitrogen and oxygen atoms in total. The highest BCUT2D eigenvalue weighted by Gasteiger charge is 2.26. The quantitative estimate of drug-likeness (QED) is 0.659. The molecule has 0 fully saturated rings. The lowest BCUT2D eigenvalue weighted by Crippen LogP contribution is -2.44. The minimum Gasteiger partial charge on any atom is -0.480 e. The number of aryl methyl sites for hydroxylation is 1. The molecular formula is C9H16N4O2. The molecule has 6 heteroatoms. The van der Waals surface area contributed by atoms with Crippen molar-refractivity contribution in [2.45, 2.75) is 38.3 Å². The SMILES string of the molecule is CC(N)(CCCCn1cncn1)C(=O)O. The van der Waals surface area contributed by atoms with Crippen molar-refractivity contribution in [2.75, 3.05) is 0 Å². The lowest BCUT2D eigenvalue weighted by atomic mass is 9.96. The fourth-order valence-corrected chi connectivity index (χ4v) is 1.22. The number of carbonyl (C=O) groups is 1. The maximum absolute atomic E-state index is 10.7. The number of nitrogens with two attached hydrogens (primary N) is 1. The van der Waals surface area contributed by atoms with Crippen LogP contribution in [0.25, 0.3) is 0 Å². The number of carboxylic acids is 1. The van der Waals surface area contributed by atoms with Crippen molar-refractivity contribution in [1.29, 1.82) is 0 Å². The van der Waals surface area contributed by atoms with E-state index in [9.17, 15) is 4.79 Å². The number of rotatable bonds is 6. The molecule has 1 atom stereocenters. The summed E-state index contributed by atoms with van der Waals surface area (Å²) in [6.07, 6.45) is 5.20. The van der Waals surface area contributed by atoms with Gasteiger partial charge in [0.2, 0.25) is 0 Å². The van der Waals surface area contributed by atoms with Gasteiger partial charge in [-0.3, -0.25) is 9.48 Å². The Kier molecular flexibility index (Phi) is 3.79. The Hall–Kier alpha value is -1.43. The summed E-state index contributed by atoms with van der Waals surface area (Å²) < 4.78 is 1.72. The molecule has 3 N–H and O–H groups in total. The largest absolute Gasteiger partial charge is 0.480 e. The molecule has 0 bridgehead atoms. The smallest absolute Gasteiger partial charge is 0.323 e. The summed E-state index contributed by atoms with van der Waals surface area (Å²) in [6, 6.07) is 0. The van der Waals surface area contributed by atoms with Gasteiger partial charge in [-0.05, 0) is 26.2 Å². The van der Waals surface area contributed by atoms with Crippen molar-refractivity contribution >= 4 is 5.97 Å². The maximum Gasteiger partial charge on any atom is 0.323 e. The molecule has 1 aromatic rings. The van der Waals surface area contributed by atoms with E-state index in [1.165, 1.54) is 13.3 Å². The zero-order valence-electron chi connectivity index (χ0n) is 8.76. The van der Waals surface area contributed by atoms with E-state index in [1.807, 2.05) is 0 Å². The van der Waals surface area contributed by atoms with Gasteiger partial charge in [-0.2, -0.15) is 5.10 Å². The normalized spacial score (nSPS) is 14.8. The lowest BCUT2D eigenvalue weighted by molar-refractivity contribution is -0.142. The Balaban J connectivity index is 2.19. The molecule has 1 rings (SSSR count). The first kappa shape index (κ1) is 11.6. The van der Waals surface area contributed by atoms with Crippen LogP contribution < -0.4 is 5.73 Å². The predicted molar refractivity (Wildman–Crippen MR) is 54.1 cm³/mol. The molecule has 0 saturated heterocycles. The van der Waals surface area contributed by atoms with Gasteiger partial charge in [0.1, 0.15) is 18.2 Å². The third kappa shape index (κ3) is 3.67. The first-order valence-electron chi connectivity index (χ1n) is 4.87. The number of hydrogen-bond acceptors (Lipinski definition) is 4. The summed E-state index contributed by atoms with van der Waals surface area (Å²) >= 11 is 0. The number of carboxylic acid groups (broad SMARTS) is 1. The summed E-state index contributed by atoms with van der Waals surface area (Å²) in [5.41, 5.74) is 4.46. The molecule has 0 aromatic carbocycles. The molecular weight excluding hydrogens is 196 g/mol. The van der Waals surface area contributed by atoms with Crippen LogP contribution in [0.3, 0.4) is 0 Å². The molecule has 1 heterocycles. The molecule has 84 valence electrons. The Morgan fingerprint density at radius 2 is 2.33 bits per heavy atom. The minimum atomic E-state index is -1.12. The standard InChI is InChI=1S/C9H16N4O2/c1-9(10,8(14)15)4-2-3-5-13-7-11-6-12-13/h6-7H,2-5,10H2,1H3,(H,14,15). The molecule has 1 aromatic heterocycles. The topological polar surface area (TPSA) is 94.0 Å². The van der Waals surface area contributed by atoms with Crippen molar-refractivity contribution in [3.63, 3.8) is 0 Å². The van der Waals surface area contributed by atoms with Crippen LogP contribution in [0.1, 0.15) is 26.2 Å². The summed E-state index contributed by atoms with van der Waals surface area (Å²) in [6.45, 7) is 2.28. The van der Waals surface area contributed by atoms with E-state index in [-0.39, 0.29) is 0 Å². The van der Waals surface area contributed by atoms with E-state index in [0.717, 1.165) is 19.4 Å². The van der Waals surface area contributed by atoms with Crippen molar-refractivity contribution in [3.8, 4) is 0 Å². The second-order valence-electron chi connectivity index (χ2n) is 3.84. The second kappa shape index (κ2) is 4.88. The van der Waals surface area contributed by atoms with Crippen LogP contribution in [0.15, 0.2) is 12.7 Å². The highest BCUT2D eigenvalue weighted by molar-refractivity contribution is 5.77. The van der Waals surface area contributed by atoms with E-state index < -0.39 is 11.5 Å². The van der Waals surface area contributed by atoms with Gasteiger partial charge in [0.25, 0.3) is 0 Å². The van der Waals surface area contributed by atoms with Crippen molar-refractivity contribution < 1.29 is 9.90 Å². The molecule has 0 amide bonds. The zero-order chi connectivity index (χ0) is 11.3. The van der Waals surface area contributed by atoms with Gasteiger partial charge in [-0.15, -0.1) is 0 Å². The van der Waals surface area contributed by atoms with Gasteiger partial charge in [0.15, 0.2) is 0 Å². The fourth-order valence-electron chi connectivity index (χ4n) is 1.22. The Morgan fingerprint density at radius 3 is 2.87 bits per heavy atom. The predicted octanol–water partition coefficient (Wildman–Crippen LogP) is 0.250. The van der Waals surface area contributed by atoms with E-state index in [4.69, 9.17) is 10.8 Å². The van der Waals surface area contributed by atoms with Gasteiger partial charge < -0.3 is 10.8 Å². The van der Waals surface area contributed by atoms with Gasteiger partial charge in [-0.25, -0.2) is 4.98 Å². The molecule has 0 radical (unpaired) electrons. The molecule has 0 saturated carbocycles. The van der Waals surface area contributed by atoms with Crippen LogP contribution in [-0.2, 0) is 11.3 Å². The second-order valence-corrected chi connectivity index (χ2v) is 3.84. The molecule has 0 aliphatic heterocycles. The van der Waals surface area contributed by atoms with E-state index in [0.29, 0.717) is 6.42 Å². The van der Waals surface area contributed by atoms with E-state index >= 15 is 0 Å². The summed E-state index contributed by atoms with van der Waals surface area (Å²) in [4.78, 5) is 14.5. The average Bonchev–Trinajstić information content (AvgIpc) is 2.64. The highest BCUT2D eigenvalue weighted by Crippen LogP contribution is 2.11. The van der Waals surface area contributed by atoms with Crippen molar-refractivity contribution in [1.82, 2.24) is 14.8 Å². The van der Waals surface area contributed by atoms with Crippen LogP contribution in [0.5, 0.6) is 0 Å². The molecule has 0 aliphatic carbocycles. The summed E-state index contributed by atoms with van der Waals surface area (Å²) in [7, 11) is 0. The molecule has 0 aliphatic rings. The lowest BCUT2D eigenvalue weighted by Gasteiger charge is -2.18. The van der Waals surface area contributed by atoms with Gasteiger partial charge in [-0.1, -0.05) is 0 Å². The molecule has 0 spiro atoms. The van der Waals surface area contributed by atoms with Crippen LogP contribution >= 0.6 is 0 Å². The van der Waals surface area contributed by atoms with Crippen molar-refractivity contribution in [3.05, 3.63) is 12.7 Å². The zero-order valence-corrected chi connectivity index (χ0v) is 8.76. The van der Waals surface area contributed by atoms with Crippen LogP contribution in [0.4, 0.5) is 0 Å². The first-order valence-corrected chi connectivity index (χ1v) is 4.87. The third-order valence-electron chi connectivity index (χ3n) is 2.29. The molecule has 1 unspecified atom stereocenters. The number of nitrogens with zero attached hydrogens (tertiary/aromatic N) is 3. The van der Waals surface area contributed by atoms with E-state index in [1.54, 1.807) is 11.0 Å². The maximum atomic E-state index is 10.7. The first-order chi connectivity index (χ1) is 7.02. The summed E-state index contributed by atoms with van der Waals surface area (Å²) in [5, 5.41) is 12.7.